The largest absolute Gasteiger partial charge is 0.481 e. The molecule has 0 aliphatic heterocycles. The number of carbonyl (C=O) groups is 1. The van der Waals surface area contributed by atoms with Crippen LogP contribution in [0.1, 0.15) is 17.8 Å². The Morgan fingerprint density at radius 1 is 1.42 bits per heavy atom. The van der Waals surface area contributed by atoms with Crippen molar-refractivity contribution in [3.05, 3.63) is 29.6 Å². The quantitative estimate of drug-likeness (QED) is 0.934. The monoisotopic (exact) mass is 272 g/mol. The maximum absolute atomic E-state index is 12.6. The van der Waals surface area contributed by atoms with Crippen molar-refractivity contribution in [2.75, 3.05) is 0 Å². The first-order valence-corrected chi connectivity index (χ1v) is 5.53. The molecule has 0 atom stereocenters. The van der Waals surface area contributed by atoms with Gasteiger partial charge in [-0.2, -0.15) is 13.2 Å². The van der Waals surface area contributed by atoms with Crippen molar-refractivity contribution in [3.8, 4) is 0 Å². The average molecular weight is 272 g/mol. The minimum absolute atomic E-state index is 0.108. The van der Waals surface area contributed by atoms with Crippen molar-refractivity contribution in [2.45, 2.75) is 19.0 Å². The summed E-state index contributed by atoms with van der Waals surface area (Å²) in [5, 5.41) is 8.61. The topological polar surface area (TPSA) is 55.1 Å². The van der Waals surface area contributed by atoms with Crippen LogP contribution in [0, 0.1) is 0 Å². The van der Waals surface area contributed by atoms with E-state index in [0.717, 1.165) is 12.1 Å². The molecular formula is C12H11F3N2O2. The highest BCUT2D eigenvalue weighted by Crippen LogP contribution is 2.31. The maximum Gasteiger partial charge on any atom is 0.416 e. The number of hydrogen-bond acceptors (Lipinski definition) is 2. The second-order valence-corrected chi connectivity index (χ2v) is 4.18. The average Bonchev–Trinajstić information content (AvgIpc) is 2.62. The number of nitrogens with zero attached hydrogens (tertiary/aromatic N) is 2. The van der Waals surface area contributed by atoms with Crippen molar-refractivity contribution in [3.63, 3.8) is 0 Å². The summed E-state index contributed by atoms with van der Waals surface area (Å²) >= 11 is 0. The van der Waals surface area contributed by atoms with Crippen LogP contribution in [0.3, 0.4) is 0 Å². The molecule has 7 heteroatoms. The molecule has 1 heterocycles. The van der Waals surface area contributed by atoms with Crippen molar-refractivity contribution in [1.29, 1.82) is 0 Å². The summed E-state index contributed by atoms with van der Waals surface area (Å²) in [6, 6.07) is 3.31. The first kappa shape index (κ1) is 13.4. The molecule has 0 fully saturated rings. The van der Waals surface area contributed by atoms with Crippen LogP contribution in [0.15, 0.2) is 18.2 Å². The fourth-order valence-corrected chi connectivity index (χ4v) is 1.87. The summed E-state index contributed by atoms with van der Waals surface area (Å²) < 4.78 is 39.3. The van der Waals surface area contributed by atoms with Crippen LogP contribution in [-0.4, -0.2) is 20.6 Å². The standard InChI is InChI=1S/C12H11F3N2O2/c1-17-9-3-2-7(12(13,14)15)6-8(9)16-10(17)4-5-11(18)19/h2-3,6H,4-5H2,1H3,(H,18,19). The van der Waals surface area contributed by atoms with Crippen LogP contribution in [-0.2, 0) is 24.4 Å². The molecule has 102 valence electrons. The molecule has 1 N–H and O–H groups in total. The van der Waals surface area contributed by atoms with Gasteiger partial charge in [-0.15, -0.1) is 0 Å². The lowest BCUT2D eigenvalue weighted by Gasteiger charge is -2.05. The smallest absolute Gasteiger partial charge is 0.416 e. The zero-order valence-corrected chi connectivity index (χ0v) is 10.0. The molecule has 0 amide bonds. The van der Waals surface area contributed by atoms with E-state index in [1.807, 2.05) is 0 Å². The van der Waals surface area contributed by atoms with Gasteiger partial charge in [-0.1, -0.05) is 0 Å². The van der Waals surface area contributed by atoms with Crippen LogP contribution in [0.25, 0.3) is 11.0 Å². The lowest BCUT2D eigenvalue weighted by Crippen LogP contribution is -2.04. The molecule has 2 aromatic rings. The fraction of sp³-hybridized carbons (Fsp3) is 0.333. The summed E-state index contributed by atoms with van der Waals surface area (Å²) in [5.41, 5.74) is 0.00832. The number of carboxylic acid groups (broad SMARTS) is 1. The molecular weight excluding hydrogens is 261 g/mol. The molecule has 0 radical (unpaired) electrons. The third kappa shape index (κ3) is 2.69. The second kappa shape index (κ2) is 4.56. The highest BCUT2D eigenvalue weighted by molar-refractivity contribution is 5.77. The van der Waals surface area contributed by atoms with Gasteiger partial charge in [-0.3, -0.25) is 4.79 Å². The molecule has 2 rings (SSSR count). The Kier molecular flexibility index (Phi) is 3.21. The van der Waals surface area contributed by atoms with E-state index in [9.17, 15) is 18.0 Å². The lowest BCUT2D eigenvalue weighted by molar-refractivity contribution is -0.138. The summed E-state index contributed by atoms with van der Waals surface area (Å²) in [6.45, 7) is 0. The van der Waals surface area contributed by atoms with E-state index in [2.05, 4.69) is 4.98 Å². The van der Waals surface area contributed by atoms with Crippen LogP contribution in [0.5, 0.6) is 0 Å². The Hall–Kier alpha value is -2.05. The Bertz CT molecular complexity index is 632. The van der Waals surface area contributed by atoms with Crippen LogP contribution in [0.4, 0.5) is 13.2 Å². The molecule has 1 aromatic heterocycles. The van der Waals surface area contributed by atoms with Gasteiger partial charge in [0, 0.05) is 13.5 Å². The number of rotatable bonds is 3. The van der Waals surface area contributed by atoms with Crippen molar-refractivity contribution >= 4 is 17.0 Å². The second-order valence-electron chi connectivity index (χ2n) is 4.18. The number of alkyl halides is 3. The minimum atomic E-state index is -4.41. The third-order valence-electron chi connectivity index (χ3n) is 2.86. The van der Waals surface area contributed by atoms with Crippen LogP contribution < -0.4 is 0 Å². The van der Waals surface area contributed by atoms with Gasteiger partial charge in [0.15, 0.2) is 0 Å². The summed E-state index contributed by atoms with van der Waals surface area (Å²) in [7, 11) is 1.65. The van der Waals surface area contributed by atoms with Gasteiger partial charge in [0.05, 0.1) is 23.0 Å². The molecule has 0 saturated heterocycles. The van der Waals surface area contributed by atoms with Crippen molar-refractivity contribution in [1.82, 2.24) is 9.55 Å². The normalized spacial score (nSPS) is 12.0. The van der Waals surface area contributed by atoms with E-state index in [0.29, 0.717) is 11.3 Å². The summed E-state index contributed by atoms with van der Waals surface area (Å²) in [4.78, 5) is 14.6. The number of benzene rings is 1. The van der Waals surface area contributed by atoms with Gasteiger partial charge in [0.25, 0.3) is 0 Å². The Morgan fingerprint density at radius 3 is 2.68 bits per heavy atom. The SMILES string of the molecule is Cn1c(CCC(=O)O)nc2cc(C(F)(F)F)ccc21. The minimum Gasteiger partial charge on any atom is -0.481 e. The predicted octanol–water partition coefficient (Wildman–Crippen LogP) is 2.61. The molecule has 0 aliphatic carbocycles. The van der Waals surface area contributed by atoms with E-state index < -0.39 is 17.7 Å². The number of hydrogen-bond donors (Lipinski definition) is 1. The molecule has 0 aliphatic rings. The molecule has 0 saturated carbocycles. The molecule has 1 aromatic carbocycles. The van der Waals surface area contributed by atoms with E-state index in [4.69, 9.17) is 5.11 Å². The van der Waals surface area contributed by atoms with Gasteiger partial charge < -0.3 is 9.67 Å². The van der Waals surface area contributed by atoms with E-state index in [1.54, 1.807) is 11.6 Å². The number of halogens is 3. The maximum atomic E-state index is 12.6. The summed E-state index contributed by atoms with van der Waals surface area (Å²) in [5.74, 6) is -0.514. The van der Waals surface area contributed by atoms with Gasteiger partial charge in [0.2, 0.25) is 0 Å². The van der Waals surface area contributed by atoms with Crippen molar-refractivity contribution in [2.24, 2.45) is 7.05 Å². The number of aryl methyl sites for hydroxylation is 2. The van der Waals surface area contributed by atoms with Gasteiger partial charge in [-0.25, -0.2) is 4.98 Å². The highest BCUT2D eigenvalue weighted by Gasteiger charge is 2.30. The summed E-state index contributed by atoms with van der Waals surface area (Å²) in [6.07, 6.45) is -4.34. The van der Waals surface area contributed by atoms with Crippen LogP contribution >= 0.6 is 0 Å². The number of imidazole rings is 1. The Morgan fingerprint density at radius 2 is 2.11 bits per heavy atom. The van der Waals surface area contributed by atoms with Gasteiger partial charge >= 0.3 is 12.1 Å². The Balaban J connectivity index is 2.42. The number of fused-ring (bicyclic) bond motifs is 1. The first-order valence-electron chi connectivity index (χ1n) is 5.53. The van der Waals surface area contributed by atoms with Crippen molar-refractivity contribution < 1.29 is 23.1 Å². The third-order valence-corrected chi connectivity index (χ3v) is 2.86. The van der Waals surface area contributed by atoms with Crippen LogP contribution in [0.2, 0.25) is 0 Å². The molecule has 0 unspecified atom stereocenters. The lowest BCUT2D eigenvalue weighted by atomic mass is 10.2. The highest BCUT2D eigenvalue weighted by atomic mass is 19.4. The fourth-order valence-electron chi connectivity index (χ4n) is 1.87. The van der Waals surface area contributed by atoms with Gasteiger partial charge in [-0.05, 0) is 18.2 Å². The first-order chi connectivity index (χ1) is 8.79. The number of carboxylic acids is 1. The van der Waals surface area contributed by atoms with E-state index >= 15 is 0 Å². The van der Waals surface area contributed by atoms with E-state index in [1.165, 1.54) is 6.07 Å². The molecule has 19 heavy (non-hydrogen) atoms. The zero-order chi connectivity index (χ0) is 14.2. The predicted molar refractivity (Wildman–Crippen MR) is 61.7 cm³/mol. The molecule has 0 spiro atoms. The molecule has 0 bridgehead atoms. The number of aromatic nitrogens is 2. The van der Waals surface area contributed by atoms with Gasteiger partial charge in [0.1, 0.15) is 5.82 Å². The number of aliphatic carboxylic acids is 1. The molecule has 4 nitrogen and oxygen atoms in total. The zero-order valence-electron chi connectivity index (χ0n) is 10.0. The Labute approximate surface area is 106 Å². The van der Waals surface area contributed by atoms with E-state index in [-0.39, 0.29) is 18.4 Å².